The first-order valence-electron chi connectivity index (χ1n) is 7.67. The first kappa shape index (κ1) is 15.7. The van der Waals surface area contributed by atoms with E-state index < -0.39 is 0 Å². The van der Waals surface area contributed by atoms with Crippen molar-refractivity contribution in [2.24, 2.45) is 0 Å². The number of benzene rings is 2. The van der Waals surface area contributed by atoms with Crippen LogP contribution in [0.3, 0.4) is 0 Å². The minimum atomic E-state index is -0.141. The number of nitrogens with one attached hydrogen (secondary N) is 1. The number of hydrogen-bond donors (Lipinski definition) is 1. The molecule has 0 unspecified atom stereocenters. The van der Waals surface area contributed by atoms with Gasteiger partial charge in [0.15, 0.2) is 0 Å². The Hall–Kier alpha value is -3.21. The van der Waals surface area contributed by atoms with Crippen LogP contribution in [0.1, 0.15) is 16.1 Å². The van der Waals surface area contributed by atoms with Gasteiger partial charge in [0.25, 0.3) is 5.91 Å². The van der Waals surface area contributed by atoms with E-state index in [9.17, 15) is 4.79 Å². The third-order valence-electron chi connectivity index (χ3n) is 3.51. The fraction of sp³-hybridized carbons (Fsp3) is 0.105. The lowest BCUT2D eigenvalue weighted by molar-refractivity contribution is 0.0779. The van der Waals surface area contributed by atoms with Crippen LogP contribution in [0, 0.1) is 0 Å². The predicted molar refractivity (Wildman–Crippen MR) is 94.0 cm³/mol. The molecule has 1 aromatic heterocycles. The molecule has 5 nitrogen and oxygen atoms in total. The van der Waals surface area contributed by atoms with Crippen molar-refractivity contribution in [3.8, 4) is 0 Å². The predicted octanol–water partition coefficient (Wildman–Crippen LogP) is 3.49. The van der Waals surface area contributed by atoms with Crippen molar-refractivity contribution in [2.45, 2.75) is 6.54 Å². The molecule has 5 heteroatoms. The summed E-state index contributed by atoms with van der Waals surface area (Å²) in [5, 5.41) is 3.09. The van der Waals surface area contributed by atoms with Crippen LogP contribution < -0.4 is 5.32 Å². The van der Waals surface area contributed by atoms with Gasteiger partial charge in [-0.05, 0) is 23.8 Å². The van der Waals surface area contributed by atoms with Gasteiger partial charge in [0.2, 0.25) is 5.95 Å². The molecule has 2 aromatic carbocycles. The van der Waals surface area contributed by atoms with E-state index in [4.69, 9.17) is 0 Å². The lowest BCUT2D eigenvalue weighted by Crippen LogP contribution is -2.27. The quantitative estimate of drug-likeness (QED) is 0.782. The van der Waals surface area contributed by atoms with E-state index >= 15 is 0 Å². The summed E-state index contributed by atoms with van der Waals surface area (Å²) in [5.74, 6) is 0.262. The van der Waals surface area contributed by atoms with Gasteiger partial charge < -0.3 is 10.2 Å². The molecule has 0 aliphatic rings. The van der Waals surface area contributed by atoms with Crippen molar-refractivity contribution < 1.29 is 4.79 Å². The van der Waals surface area contributed by atoms with E-state index in [1.165, 1.54) is 0 Å². The fourth-order valence-electron chi connectivity index (χ4n) is 2.31. The molecule has 0 bridgehead atoms. The molecule has 0 spiro atoms. The van der Waals surface area contributed by atoms with Crippen molar-refractivity contribution in [1.82, 2.24) is 14.9 Å². The first-order valence-corrected chi connectivity index (χ1v) is 7.67. The molecule has 3 aromatic rings. The van der Waals surface area contributed by atoms with Crippen molar-refractivity contribution in [3.05, 3.63) is 84.2 Å². The zero-order chi connectivity index (χ0) is 16.8. The number of carbonyl (C=O) groups is 1. The Kier molecular flexibility index (Phi) is 4.81. The SMILES string of the molecule is CN(Cc1ccccc1)C(=O)c1ccnc(Nc2ccccc2)n1. The average Bonchev–Trinajstić information content (AvgIpc) is 2.63. The molecule has 3 rings (SSSR count). The number of rotatable bonds is 5. The summed E-state index contributed by atoms with van der Waals surface area (Å²) in [6.45, 7) is 0.533. The Morgan fingerprint density at radius 3 is 2.38 bits per heavy atom. The highest BCUT2D eigenvalue weighted by Gasteiger charge is 2.14. The molecule has 0 aliphatic carbocycles. The Morgan fingerprint density at radius 2 is 1.67 bits per heavy atom. The summed E-state index contributed by atoms with van der Waals surface area (Å²) in [6.07, 6.45) is 1.59. The summed E-state index contributed by atoms with van der Waals surface area (Å²) in [5.41, 5.74) is 2.31. The Balaban J connectivity index is 1.72. The highest BCUT2D eigenvalue weighted by atomic mass is 16.2. The maximum Gasteiger partial charge on any atom is 0.272 e. The lowest BCUT2D eigenvalue weighted by Gasteiger charge is -2.17. The van der Waals surface area contributed by atoms with Gasteiger partial charge >= 0.3 is 0 Å². The van der Waals surface area contributed by atoms with E-state index in [1.807, 2.05) is 60.7 Å². The second kappa shape index (κ2) is 7.37. The second-order valence-electron chi connectivity index (χ2n) is 5.40. The van der Waals surface area contributed by atoms with Crippen LogP contribution in [-0.4, -0.2) is 27.8 Å². The van der Waals surface area contributed by atoms with Gasteiger partial charge in [0.05, 0.1) is 0 Å². The van der Waals surface area contributed by atoms with Gasteiger partial charge in [-0.1, -0.05) is 48.5 Å². The molecule has 24 heavy (non-hydrogen) atoms. The Morgan fingerprint density at radius 1 is 1.00 bits per heavy atom. The van der Waals surface area contributed by atoms with Crippen molar-refractivity contribution >= 4 is 17.5 Å². The van der Waals surface area contributed by atoms with Crippen LogP contribution in [0.15, 0.2) is 72.9 Å². The standard InChI is InChI=1S/C19H18N4O/c1-23(14-15-8-4-2-5-9-15)18(24)17-12-13-20-19(22-17)21-16-10-6-3-7-11-16/h2-13H,14H2,1H3,(H,20,21,22). The third kappa shape index (κ3) is 3.95. The molecule has 0 saturated heterocycles. The van der Waals surface area contributed by atoms with Gasteiger partial charge in [-0.2, -0.15) is 0 Å². The molecule has 1 N–H and O–H groups in total. The minimum Gasteiger partial charge on any atom is -0.336 e. The number of amides is 1. The first-order chi connectivity index (χ1) is 11.7. The van der Waals surface area contributed by atoms with Crippen LogP contribution in [0.4, 0.5) is 11.6 Å². The zero-order valence-corrected chi connectivity index (χ0v) is 13.4. The number of hydrogen-bond acceptors (Lipinski definition) is 4. The maximum atomic E-state index is 12.6. The van der Waals surface area contributed by atoms with E-state index in [0.717, 1.165) is 11.3 Å². The number of para-hydroxylation sites is 1. The lowest BCUT2D eigenvalue weighted by atomic mass is 10.2. The number of carbonyl (C=O) groups excluding carboxylic acids is 1. The van der Waals surface area contributed by atoms with Gasteiger partial charge in [0.1, 0.15) is 5.69 Å². The van der Waals surface area contributed by atoms with Crippen LogP contribution >= 0.6 is 0 Å². The molecule has 120 valence electrons. The fourth-order valence-corrected chi connectivity index (χ4v) is 2.31. The molecular formula is C19H18N4O. The molecule has 0 radical (unpaired) electrons. The monoisotopic (exact) mass is 318 g/mol. The van der Waals surface area contributed by atoms with E-state index in [0.29, 0.717) is 18.2 Å². The smallest absolute Gasteiger partial charge is 0.272 e. The molecular weight excluding hydrogens is 300 g/mol. The normalized spacial score (nSPS) is 10.2. The van der Waals surface area contributed by atoms with Gasteiger partial charge in [-0.3, -0.25) is 4.79 Å². The third-order valence-corrected chi connectivity index (χ3v) is 3.51. The summed E-state index contributed by atoms with van der Waals surface area (Å²) in [7, 11) is 1.77. The molecule has 0 fully saturated rings. The Bertz CT molecular complexity index is 806. The van der Waals surface area contributed by atoms with Crippen LogP contribution in [-0.2, 0) is 6.54 Å². The van der Waals surface area contributed by atoms with Gasteiger partial charge in [0, 0.05) is 25.5 Å². The van der Waals surface area contributed by atoms with Crippen molar-refractivity contribution in [2.75, 3.05) is 12.4 Å². The number of aromatic nitrogens is 2. The van der Waals surface area contributed by atoms with Gasteiger partial charge in [-0.15, -0.1) is 0 Å². The van der Waals surface area contributed by atoms with E-state index in [1.54, 1.807) is 24.2 Å². The molecule has 1 heterocycles. The number of nitrogens with zero attached hydrogens (tertiary/aromatic N) is 3. The van der Waals surface area contributed by atoms with Crippen molar-refractivity contribution in [1.29, 1.82) is 0 Å². The summed E-state index contributed by atoms with van der Waals surface area (Å²) in [6, 6.07) is 21.1. The largest absolute Gasteiger partial charge is 0.336 e. The van der Waals surface area contributed by atoms with E-state index in [-0.39, 0.29) is 5.91 Å². The molecule has 0 saturated carbocycles. The van der Waals surface area contributed by atoms with Crippen LogP contribution in [0.25, 0.3) is 0 Å². The molecule has 1 amide bonds. The van der Waals surface area contributed by atoms with E-state index in [2.05, 4.69) is 15.3 Å². The maximum absolute atomic E-state index is 12.6. The number of anilines is 2. The zero-order valence-electron chi connectivity index (χ0n) is 13.4. The highest BCUT2D eigenvalue weighted by molar-refractivity contribution is 5.92. The molecule has 0 atom stereocenters. The minimum absolute atomic E-state index is 0.141. The topological polar surface area (TPSA) is 58.1 Å². The second-order valence-corrected chi connectivity index (χ2v) is 5.40. The highest BCUT2D eigenvalue weighted by Crippen LogP contribution is 2.13. The van der Waals surface area contributed by atoms with Crippen LogP contribution in [0.5, 0.6) is 0 Å². The van der Waals surface area contributed by atoms with Crippen molar-refractivity contribution in [3.63, 3.8) is 0 Å². The summed E-state index contributed by atoms with van der Waals surface area (Å²) in [4.78, 5) is 22.7. The van der Waals surface area contributed by atoms with Gasteiger partial charge in [-0.25, -0.2) is 9.97 Å². The average molecular weight is 318 g/mol. The molecule has 0 aliphatic heterocycles. The summed E-state index contributed by atoms with van der Waals surface area (Å²) < 4.78 is 0. The van der Waals surface area contributed by atoms with Crippen LogP contribution in [0.2, 0.25) is 0 Å². The summed E-state index contributed by atoms with van der Waals surface area (Å²) >= 11 is 0. The Labute approximate surface area is 141 Å².